The lowest BCUT2D eigenvalue weighted by Crippen LogP contribution is -2.44. The lowest BCUT2D eigenvalue weighted by molar-refractivity contribution is -0.121. The summed E-state index contributed by atoms with van der Waals surface area (Å²) in [6, 6.07) is 9.47. The summed E-state index contributed by atoms with van der Waals surface area (Å²) in [4.78, 5) is 42.3. The molecular weight excluding hydrogens is 346 g/mol. The second kappa shape index (κ2) is 8.03. The highest BCUT2D eigenvalue weighted by molar-refractivity contribution is 5.76. The zero-order valence-electron chi connectivity index (χ0n) is 15.5. The highest BCUT2D eigenvalue weighted by atomic mass is 16.2. The third-order valence-electron chi connectivity index (χ3n) is 4.38. The number of carbonyl (C=O) groups excluding carboxylic acids is 1. The number of rotatable bonds is 7. The fourth-order valence-electron chi connectivity index (χ4n) is 2.99. The van der Waals surface area contributed by atoms with Gasteiger partial charge in [-0.05, 0) is 18.9 Å². The van der Waals surface area contributed by atoms with Gasteiger partial charge in [0, 0.05) is 13.1 Å². The Hall–Kier alpha value is -3.16. The number of carbonyl (C=O) groups is 1. The smallest absolute Gasteiger partial charge is 0.333 e. The molecule has 3 aromatic rings. The van der Waals surface area contributed by atoms with Gasteiger partial charge in [0.25, 0.3) is 5.56 Å². The molecule has 0 aliphatic carbocycles. The second-order valence-corrected chi connectivity index (χ2v) is 6.30. The summed E-state index contributed by atoms with van der Waals surface area (Å²) in [5.74, 6) is -0.357. The van der Waals surface area contributed by atoms with Gasteiger partial charge in [-0.25, -0.2) is 14.3 Å². The summed E-state index contributed by atoms with van der Waals surface area (Å²) in [7, 11) is 0. The van der Waals surface area contributed by atoms with E-state index in [1.54, 1.807) is 10.9 Å². The minimum absolute atomic E-state index is 0.272. The standard InChI is InChI=1S/C19H23N5O3/c1-3-10-20-15(25)12-24-18(26)16-17(21-13-22(16)4-2)23(19(24)27)11-14-8-6-5-7-9-14/h5-9,13H,3-4,10-12H2,1-2H3,(H,20,25). The van der Waals surface area contributed by atoms with Crippen molar-refractivity contribution in [3.05, 3.63) is 63.1 Å². The van der Waals surface area contributed by atoms with E-state index in [9.17, 15) is 14.4 Å². The van der Waals surface area contributed by atoms with Crippen molar-refractivity contribution in [3.8, 4) is 0 Å². The molecule has 0 unspecified atom stereocenters. The predicted molar refractivity (Wildman–Crippen MR) is 103 cm³/mol. The molecule has 1 aromatic carbocycles. The van der Waals surface area contributed by atoms with Crippen molar-refractivity contribution in [1.29, 1.82) is 0 Å². The number of amides is 1. The summed E-state index contributed by atoms with van der Waals surface area (Å²) < 4.78 is 4.13. The maximum atomic E-state index is 13.0. The number of hydrogen-bond donors (Lipinski definition) is 1. The fraction of sp³-hybridized carbons (Fsp3) is 0.368. The summed E-state index contributed by atoms with van der Waals surface area (Å²) in [5.41, 5.74) is 0.541. The molecule has 8 nitrogen and oxygen atoms in total. The van der Waals surface area contributed by atoms with E-state index in [1.807, 2.05) is 44.2 Å². The largest absolute Gasteiger partial charge is 0.355 e. The Bertz CT molecular complexity index is 1060. The Morgan fingerprint density at radius 3 is 2.52 bits per heavy atom. The molecule has 8 heteroatoms. The van der Waals surface area contributed by atoms with Crippen LogP contribution in [0.4, 0.5) is 0 Å². The number of imidazole rings is 1. The predicted octanol–water partition coefficient (Wildman–Crippen LogP) is 0.954. The van der Waals surface area contributed by atoms with Crippen LogP contribution in [0.3, 0.4) is 0 Å². The topological polar surface area (TPSA) is 90.9 Å². The molecule has 3 rings (SSSR count). The number of hydrogen-bond acceptors (Lipinski definition) is 4. The van der Waals surface area contributed by atoms with Crippen LogP contribution in [-0.4, -0.2) is 31.1 Å². The molecule has 142 valence electrons. The van der Waals surface area contributed by atoms with Gasteiger partial charge in [0.15, 0.2) is 11.2 Å². The summed E-state index contributed by atoms with van der Waals surface area (Å²) in [5, 5.41) is 2.71. The van der Waals surface area contributed by atoms with Crippen LogP contribution in [0.1, 0.15) is 25.8 Å². The number of aromatic nitrogens is 4. The first-order chi connectivity index (χ1) is 13.1. The van der Waals surface area contributed by atoms with E-state index in [0.717, 1.165) is 16.6 Å². The molecule has 0 atom stereocenters. The third kappa shape index (κ3) is 3.69. The minimum Gasteiger partial charge on any atom is -0.355 e. The first-order valence-electron chi connectivity index (χ1n) is 9.05. The minimum atomic E-state index is -0.538. The first kappa shape index (κ1) is 18.6. The molecule has 0 aliphatic heterocycles. The van der Waals surface area contributed by atoms with Gasteiger partial charge >= 0.3 is 5.69 Å². The van der Waals surface area contributed by atoms with Gasteiger partial charge in [0.1, 0.15) is 6.54 Å². The molecule has 0 spiro atoms. The van der Waals surface area contributed by atoms with Crippen LogP contribution in [0.25, 0.3) is 11.2 Å². The molecule has 0 radical (unpaired) electrons. The third-order valence-corrected chi connectivity index (χ3v) is 4.38. The van der Waals surface area contributed by atoms with Crippen molar-refractivity contribution >= 4 is 17.1 Å². The molecule has 0 saturated carbocycles. The molecule has 0 aliphatic rings. The lowest BCUT2D eigenvalue weighted by Gasteiger charge is -2.12. The van der Waals surface area contributed by atoms with Crippen LogP contribution in [0.2, 0.25) is 0 Å². The number of benzene rings is 1. The van der Waals surface area contributed by atoms with E-state index < -0.39 is 11.2 Å². The van der Waals surface area contributed by atoms with Gasteiger partial charge in [-0.1, -0.05) is 37.3 Å². The van der Waals surface area contributed by atoms with Crippen molar-refractivity contribution in [2.45, 2.75) is 39.9 Å². The van der Waals surface area contributed by atoms with E-state index in [1.165, 1.54) is 4.57 Å². The lowest BCUT2D eigenvalue weighted by atomic mass is 10.2. The quantitative estimate of drug-likeness (QED) is 0.671. The fourth-order valence-corrected chi connectivity index (χ4v) is 2.99. The van der Waals surface area contributed by atoms with Crippen molar-refractivity contribution in [2.75, 3.05) is 6.54 Å². The van der Waals surface area contributed by atoms with E-state index in [2.05, 4.69) is 10.3 Å². The SMILES string of the molecule is CCCNC(=O)Cn1c(=O)c2c(ncn2CC)n(Cc2ccccc2)c1=O. The van der Waals surface area contributed by atoms with Gasteiger partial charge in [0.2, 0.25) is 5.91 Å². The summed E-state index contributed by atoms with van der Waals surface area (Å²) in [6.07, 6.45) is 2.33. The van der Waals surface area contributed by atoms with Crippen LogP contribution in [0.15, 0.2) is 46.2 Å². The number of aryl methyl sites for hydroxylation is 1. The van der Waals surface area contributed by atoms with E-state index in [-0.39, 0.29) is 19.0 Å². The van der Waals surface area contributed by atoms with Crippen LogP contribution < -0.4 is 16.6 Å². The van der Waals surface area contributed by atoms with Crippen LogP contribution in [0, 0.1) is 0 Å². The zero-order valence-corrected chi connectivity index (χ0v) is 15.5. The number of nitrogens with zero attached hydrogens (tertiary/aromatic N) is 4. The first-order valence-corrected chi connectivity index (χ1v) is 9.05. The average Bonchev–Trinajstić information content (AvgIpc) is 3.12. The maximum Gasteiger partial charge on any atom is 0.333 e. The Morgan fingerprint density at radius 1 is 1.11 bits per heavy atom. The van der Waals surface area contributed by atoms with Crippen molar-refractivity contribution in [2.24, 2.45) is 0 Å². The monoisotopic (exact) mass is 369 g/mol. The van der Waals surface area contributed by atoms with Gasteiger partial charge in [0.05, 0.1) is 12.9 Å². The molecule has 27 heavy (non-hydrogen) atoms. The van der Waals surface area contributed by atoms with E-state index in [4.69, 9.17) is 0 Å². The van der Waals surface area contributed by atoms with Gasteiger partial charge < -0.3 is 9.88 Å². The van der Waals surface area contributed by atoms with Gasteiger partial charge in [-0.2, -0.15) is 0 Å². The van der Waals surface area contributed by atoms with E-state index >= 15 is 0 Å². The van der Waals surface area contributed by atoms with Gasteiger partial charge in [-0.15, -0.1) is 0 Å². The zero-order chi connectivity index (χ0) is 19.4. The van der Waals surface area contributed by atoms with Crippen LogP contribution in [-0.2, 0) is 24.4 Å². The Labute approximate surface area is 156 Å². The second-order valence-electron chi connectivity index (χ2n) is 6.30. The molecule has 0 saturated heterocycles. The molecule has 0 bridgehead atoms. The average molecular weight is 369 g/mol. The van der Waals surface area contributed by atoms with E-state index in [0.29, 0.717) is 24.3 Å². The molecule has 1 N–H and O–H groups in total. The van der Waals surface area contributed by atoms with Crippen LogP contribution >= 0.6 is 0 Å². The molecule has 0 fully saturated rings. The van der Waals surface area contributed by atoms with Crippen molar-refractivity contribution in [1.82, 2.24) is 24.0 Å². The maximum absolute atomic E-state index is 13.0. The Kier molecular flexibility index (Phi) is 5.54. The van der Waals surface area contributed by atoms with Crippen LogP contribution in [0.5, 0.6) is 0 Å². The molecule has 1 amide bonds. The summed E-state index contributed by atoms with van der Waals surface area (Å²) in [6.45, 7) is 4.83. The highest BCUT2D eigenvalue weighted by Crippen LogP contribution is 2.09. The van der Waals surface area contributed by atoms with Crippen molar-refractivity contribution < 1.29 is 4.79 Å². The number of nitrogens with one attached hydrogen (secondary N) is 1. The molecular formula is C19H23N5O3. The number of fused-ring (bicyclic) bond motifs is 1. The highest BCUT2D eigenvalue weighted by Gasteiger charge is 2.19. The Balaban J connectivity index is 2.16. The molecule has 2 heterocycles. The summed E-state index contributed by atoms with van der Waals surface area (Å²) >= 11 is 0. The molecule has 2 aromatic heterocycles. The van der Waals surface area contributed by atoms with Crippen molar-refractivity contribution in [3.63, 3.8) is 0 Å². The van der Waals surface area contributed by atoms with Gasteiger partial charge in [-0.3, -0.25) is 14.2 Å². The normalized spacial score (nSPS) is 11.0. The Morgan fingerprint density at radius 2 is 1.85 bits per heavy atom.